The maximum absolute atomic E-state index is 9.34. The van der Waals surface area contributed by atoms with Gasteiger partial charge in [0.15, 0.2) is 0 Å². The molecule has 1 aliphatic rings. The van der Waals surface area contributed by atoms with Crippen molar-refractivity contribution in [1.29, 1.82) is 5.26 Å². The zero-order valence-electron chi connectivity index (χ0n) is 15.1. The molecular weight excluding hydrogens is 320 g/mol. The standard InChI is InChI=1S/C13H14N2.C4H8O2.C2H6S/c1-15-7-5-12(6-8-15)13-4-2-3-11(9-13)10-14;1-2-3-6-4-5;1-3-2/h2-5,9H,6-8H2,1H3;4H,2-3H2,1H3;1-2H3. The Hall–Kier alpha value is -1.77. The Bertz CT molecular complexity index is 538. The fraction of sp³-hybridized carbons (Fsp3) is 0.474. The van der Waals surface area contributed by atoms with Gasteiger partial charge in [-0.3, -0.25) is 4.79 Å². The normalized spacial score (nSPS) is 13.2. The summed E-state index contributed by atoms with van der Waals surface area (Å²) in [5, 5.41) is 8.82. The Kier molecular flexibility index (Phi) is 13.7. The number of carbonyl (C=O) groups excluding carboxylic acids is 1. The molecule has 0 atom stereocenters. The van der Waals surface area contributed by atoms with Crippen molar-refractivity contribution in [3.8, 4) is 6.07 Å². The molecule has 0 aromatic heterocycles. The van der Waals surface area contributed by atoms with Crippen LogP contribution < -0.4 is 0 Å². The maximum atomic E-state index is 9.34. The Balaban J connectivity index is 0.000000495. The third-order valence-corrected chi connectivity index (χ3v) is 3.16. The molecule has 1 aliphatic heterocycles. The van der Waals surface area contributed by atoms with Gasteiger partial charge in [-0.2, -0.15) is 17.0 Å². The van der Waals surface area contributed by atoms with E-state index in [9.17, 15) is 4.79 Å². The van der Waals surface area contributed by atoms with Gasteiger partial charge in [0.25, 0.3) is 6.47 Å². The molecule has 0 bridgehead atoms. The van der Waals surface area contributed by atoms with Crippen molar-refractivity contribution in [1.82, 2.24) is 4.90 Å². The van der Waals surface area contributed by atoms with Gasteiger partial charge in [-0.1, -0.05) is 25.1 Å². The van der Waals surface area contributed by atoms with Crippen LogP contribution in [0.15, 0.2) is 30.3 Å². The van der Waals surface area contributed by atoms with Crippen LogP contribution in [0.25, 0.3) is 5.57 Å². The fourth-order valence-electron chi connectivity index (χ4n) is 1.99. The maximum Gasteiger partial charge on any atom is 0.293 e. The Morgan fingerprint density at radius 2 is 2.12 bits per heavy atom. The second kappa shape index (κ2) is 14.8. The van der Waals surface area contributed by atoms with Crippen LogP contribution in [-0.2, 0) is 9.53 Å². The number of hydrogen-bond acceptors (Lipinski definition) is 5. The van der Waals surface area contributed by atoms with Crippen molar-refractivity contribution in [2.24, 2.45) is 0 Å². The van der Waals surface area contributed by atoms with E-state index in [2.05, 4.69) is 34.9 Å². The molecule has 0 saturated heterocycles. The number of hydrogen-bond donors (Lipinski definition) is 0. The summed E-state index contributed by atoms with van der Waals surface area (Å²) in [7, 11) is 2.12. The first-order valence-electron chi connectivity index (χ1n) is 7.96. The number of ether oxygens (including phenoxy) is 1. The molecule has 2 rings (SSSR count). The van der Waals surface area contributed by atoms with E-state index in [1.807, 2.05) is 37.6 Å². The van der Waals surface area contributed by atoms with E-state index >= 15 is 0 Å². The number of likely N-dealkylation sites (N-methyl/N-ethyl adjacent to an activating group) is 1. The Morgan fingerprint density at radius 1 is 1.42 bits per heavy atom. The zero-order valence-corrected chi connectivity index (χ0v) is 15.9. The summed E-state index contributed by atoms with van der Waals surface area (Å²) in [6.45, 7) is 5.06. The smallest absolute Gasteiger partial charge is 0.293 e. The number of benzene rings is 1. The van der Waals surface area contributed by atoms with Crippen LogP contribution in [0.3, 0.4) is 0 Å². The molecule has 0 fully saturated rings. The van der Waals surface area contributed by atoms with Gasteiger partial charge in [0, 0.05) is 13.1 Å². The molecule has 0 saturated carbocycles. The highest BCUT2D eigenvalue weighted by atomic mass is 32.2. The topological polar surface area (TPSA) is 53.3 Å². The number of nitriles is 1. The summed E-state index contributed by atoms with van der Waals surface area (Å²) in [6, 6.07) is 10.0. The van der Waals surface area contributed by atoms with E-state index in [1.165, 1.54) is 11.1 Å². The first-order chi connectivity index (χ1) is 11.6. The van der Waals surface area contributed by atoms with Gasteiger partial charge in [-0.05, 0) is 55.7 Å². The van der Waals surface area contributed by atoms with Gasteiger partial charge in [0.2, 0.25) is 0 Å². The van der Waals surface area contributed by atoms with E-state index in [1.54, 1.807) is 11.8 Å². The van der Waals surface area contributed by atoms with Crippen LogP contribution in [0.2, 0.25) is 0 Å². The summed E-state index contributed by atoms with van der Waals surface area (Å²) < 4.78 is 4.30. The van der Waals surface area contributed by atoms with E-state index in [4.69, 9.17) is 5.26 Å². The average molecular weight is 349 g/mol. The molecule has 0 aliphatic carbocycles. The SMILES string of the molecule is CCCOC=O.CN1CC=C(c2cccc(C#N)c2)CC1.CSC. The molecule has 0 amide bonds. The first kappa shape index (κ1) is 22.2. The van der Waals surface area contributed by atoms with Crippen LogP contribution >= 0.6 is 11.8 Å². The highest BCUT2D eigenvalue weighted by Gasteiger charge is 2.09. The zero-order chi connectivity index (χ0) is 18.2. The molecule has 5 heteroatoms. The van der Waals surface area contributed by atoms with Crippen molar-refractivity contribution >= 4 is 23.8 Å². The van der Waals surface area contributed by atoms with Crippen LogP contribution in [0.4, 0.5) is 0 Å². The Labute approximate surface area is 150 Å². The number of thioether (sulfide) groups is 1. The molecular formula is C19H28N2O2S. The molecule has 0 unspecified atom stereocenters. The second-order valence-corrected chi connectivity index (χ2v) is 6.13. The summed E-state index contributed by atoms with van der Waals surface area (Å²) in [6.07, 6.45) is 8.31. The van der Waals surface area contributed by atoms with Crippen LogP contribution in [0, 0.1) is 11.3 Å². The van der Waals surface area contributed by atoms with Gasteiger partial charge < -0.3 is 9.64 Å². The van der Waals surface area contributed by atoms with Crippen molar-refractivity contribution < 1.29 is 9.53 Å². The van der Waals surface area contributed by atoms with Gasteiger partial charge in [0.1, 0.15) is 0 Å². The van der Waals surface area contributed by atoms with Crippen molar-refractivity contribution in [3.05, 3.63) is 41.5 Å². The minimum absolute atomic E-state index is 0.462. The molecule has 24 heavy (non-hydrogen) atoms. The third-order valence-electron chi connectivity index (χ3n) is 3.16. The van der Waals surface area contributed by atoms with Gasteiger partial charge in [-0.25, -0.2) is 0 Å². The molecule has 0 N–H and O–H groups in total. The molecule has 0 spiro atoms. The lowest BCUT2D eigenvalue weighted by Gasteiger charge is -2.22. The quantitative estimate of drug-likeness (QED) is 0.611. The summed E-state index contributed by atoms with van der Waals surface area (Å²) in [5.74, 6) is 0. The van der Waals surface area contributed by atoms with Gasteiger partial charge in [0.05, 0.1) is 18.2 Å². The number of nitrogens with zero attached hydrogens (tertiary/aromatic N) is 2. The van der Waals surface area contributed by atoms with Crippen molar-refractivity contribution in [2.45, 2.75) is 19.8 Å². The minimum atomic E-state index is 0.462. The van der Waals surface area contributed by atoms with E-state index < -0.39 is 0 Å². The Morgan fingerprint density at radius 3 is 2.58 bits per heavy atom. The minimum Gasteiger partial charge on any atom is -0.468 e. The molecule has 4 nitrogen and oxygen atoms in total. The van der Waals surface area contributed by atoms with E-state index in [0.29, 0.717) is 13.1 Å². The molecule has 132 valence electrons. The van der Waals surface area contributed by atoms with Crippen LogP contribution in [0.5, 0.6) is 0 Å². The molecule has 0 radical (unpaired) electrons. The summed E-state index contributed by atoms with van der Waals surface area (Å²) in [4.78, 5) is 11.6. The monoisotopic (exact) mass is 348 g/mol. The number of carbonyl (C=O) groups is 1. The van der Waals surface area contributed by atoms with E-state index in [0.717, 1.165) is 31.5 Å². The van der Waals surface area contributed by atoms with Gasteiger partial charge in [-0.15, -0.1) is 0 Å². The highest BCUT2D eigenvalue weighted by Crippen LogP contribution is 2.22. The average Bonchev–Trinajstić information content (AvgIpc) is 2.62. The summed E-state index contributed by atoms with van der Waals surface area (Å²) >= 11 is 1.75. The lowest BCUT2D eigenvalue weighted by atomic mass is 9.98. The molecule has 1 aromatic rings. The molecule has 1 aromatic carbocycles. The molecule has 1 heterocycles. The predicted octanol–water partition coefficient (Wildman–Crippen LogP) is 3.83. The number of rotatable bonds is 4. The first-order valence-corrected chi connectivity index (χ1v) is 9.59. The van der Waals surface area contributed by atoms with Crippen molar-refractivity contribution in [3.63, 3.8) is 0 Å². The highest BCUT2D eigenvalue weighted by molar-refractivity contribution is 7.97. The van der Waals surface area contributed by atoms with Crippen LogP contribution in [-0.4, -0.2) is 50.6 Å². The largest absolute Gasteiger partial charge is 0.468 e. The van der Waals surface area contributed by atoms with Gasteiger partial charge >= 0.3 is 0 Å². The lowest BCUT2D eigenvalue weighted by molar-refractivity contribution is -0.128. The van der Waals surface area contributed by atoms with E-state index in [-0.39, 0.29) is 0 Å². The van der Waals surface area contributed by atoms with Crippen molar-refractivity contribution in [2.75, 3.05) is 39.3 Å². The van der Waals surface area contributed by atoms with Crippen LogP contribution in [0.1, 0.15) is 30.9 Å². The predicted molar refractivity (Wildman–Crippen MR) is 103 cm³/mol. The summed E-state index contributed by atoms with van der Waals surface area (Å²) in [5.41, 5.74) is 3.31. The third kappa shape index (κ3) is 10.1. The second-order valence-electron chi connectivity index (χ2n) is 5.31. The lowest BCUT2D eigenvalue weighted by Crippen LogP contribution is -2.23. The fourth-order valence-corrected chi connectivity index (χ4v) is 1.99.